The summed E-state index contributed by atoms with van der Waals surface area (Å²) in [5.74, 6) is 4.59. The maximum absolute atomic E-state index is 13.1. The van der Waals surface area contributed by atoms with Crippen molar-refractivity contribution in [2.45, 2.75) is 32.9 Å². The van der Waals surface area contributed by atoms with Gasteiger partial charge in [-0.2, -0.15) is 13.2 Å². The molecule has 1 aromatic heterocycles. The Labute approximate surface area is 232 Å². The Bertz CT molecular complexity index is 1360. The number of aliphatic hydroxyl groups excluding tert-OH is 2. The highest BCUT2D eigenvalue weighted by atomic mass is 32.3. The third kappa shape index (κ3) is 10.4. The Kier molecular flexibility index (Phi) is 12.3. The van der Waals surface area contributed by atoms with Crippen molar-refractivity contribution in [2.24, 2.45) is 0 Å². The number of allylic oxidation sites excluding steroid dienone is 3. The molecule has 0 aliphatic heterocycles. The zero-order valence-corrected chi connectivity index (χ0v) is 23.0. The topological polar surface area (TPSA) is 129 Å². The van der Waals surface area contributed by atoms with Crippen LogP contribution < -0.4 is 10.0 Å². The summed E-state index contributed by atoms with van der Waals surface area (Å²) in [5, 5.41) is 20.7. The van der Waals surface area contributed by atoms with Gasteiger partial charge in [-0.05, 0) is 67.1 Å². The smallest absolute Gasteiger partial charge is 0.396 e. The molecule has 40 heavy (non-hydrogen) atoms. The Morgan fingerprint density at radius 2 is 1.73 bits per heavy atom. The van der Waals surface area contributed by atoms with Crippen molar-refractivity contribution >= 4 is 21.9 Å². The van der Waals surface area contributed by atoms with E-state index in [1.165, 1.54) is 24.5 Å². The van der Waals surface area contributed by atoms with E-state index in [2.05, 4.69) is 26.9 Å². The van der Waals surface area contributed by atoms with E-state index < -0.39 is 33.7 Å². The van der Waals surface area contributed by atoms with Crippen molar-refractivity contribution < 1.29 is 37.2 Å². The van der Waals surface area contributed by atoms with Gasteiger partial charge in [0, 0.05) is 59.5 Å². The van der Waals surface area contributed by atoms with Crippen LogP contribution in [-0.4, -0.2) is 55.9 Å². The molecule has 2 aromatic rings. The molecule has 0 unspecified atom stereocenters. The quantitative estimate of drug-likeness (QED) is 0.158. The van der Waals surface area contributed by atoms with Crippen molar-refractivity contribution in [1.82, 2.24) is 15.0 Å². The number of hydrogen-bond donors (Lipinski definition) is 5. The van der Waals surface area contributed by atoms with Crippen molar-refractivity contribution in [3.63, 3.8) is 0 Å². The molecule has 1 heterocycles. The van der Waals surface area contributed by atoms with Crippen LogP contribution in [0.5, 0.6) is 0 Å². The van der Waals surface area contributed by atoms with Gasteiger partial charge in [0.15, 0.2) is 0 Å². The average molecular weight is 580 g/mol. The average Bonchev–Trinajstić information content (AvgIpc) is 2.93. The van der Waals surface area contributed by atoms with Crippen LogP contribution in [0, 0.1) is 11.8 Å². The third-order valence-electron chi connectivity index (χ3n) is 5.46. The third-order valence-corrected chi connectivity index (χ3v) is 8.15. The molecule has 0 aliphatic carbocycles. The van der Waals surface area contributed by atoms with Gasteiger partial charge in [0.1, 0.15) is 0 Å². The summed E-state index contributed by atoms with van der Waals surface area (Å²) < 4.78 is 54.5. The first-order valence-corrected chi connectivity index (χ1v) is 14.4. The number of halogens is 3. The fraction of sp³-hybridized carbons (Fsp3) is 0.321. The number of thiol groups is 1. The molecule has 0 saturated heterocycles. The van der Waals surface area contributed by atoms with E-state index in [0.717, 1.165) is 18.2 Å². The largest absolute Gasteiger partial charge is 0.416 e. The molecular weight excluding hydrogens is 547 g/mol. The highest BCUT2D eigenvalue weighted by Gasteiger charge is 2.31. The lowest BCUT2D eigenvalue weighted by molar-refractivity contribution is -0.137. The zero-order valence-electron chi connectivity index (χ0n) is 22.1. The molecular formula is C28H32F3N3O5S. The van der Waals surface area contributed by atoms with Crippen LogP contribution in [0.2, 0.25) is 0 Å². The van der Waals surface area contributed by atoms with Gasteiger partial charge < -0.3 is 15.5 Å². The van der Waals surface area contributed by atoms with Crippen molar-refractivity contribution in [3.8, 4) is 11.8 Å². The number of amides is 2. The Balaban J connectivity index is 2.14. The second-order valence-corrected chi connectivity index (χ2v) is 11.6. The molecule has 4 N–H and O–H groups in total. The Morgan fingerprint density at radius 3 is 2.33 bits per heavy atom. The normalized spacial score (nSPS) is 12.8. The van der Waals surface area contributed by atoms with E-state index in [1.807, 2.05) is 0 Å². The minimum atomic E-state index is -4.57. The first-order chi connectivity index (χ1) is 18.9. The zero-order chi connectivity index (χ0) is 29.8. The summed E-state index contributed by atoms with van der Waals surface area (Å²) in [7, 11) is -3.17. The van der Waals surface area contributed by atoms with Gasteiger partial charge in [0.2, 0.25) is 0 Å². The summed E-state index contributed by atoms with van der Waals surface area (Å²) in [6, 6.07) is 5.56. The van der Waals surface area contributed by atoms with Crippen LogP contribution in [0.1, 0.15) is 58.5 Å². The number of aliphatic hydroxyl groups is 2. The molecule has 0 aliphatic rings. The maximum atomic E-state index is 13.1. The second kappa shape index (κ2) is 15.1. The van der Waals surface area contributed by atoms with Gasteiger partial charge in [0.25, 0.3) is 11.8 Å². The minimum absolute atomic E-state index is 0.101. The summed E-state index contributed by atoms with van der Waals surface area (Å²) >= 11 is 0. The molecule has 8 nitrogen and oxygen atoms in total. The van der Waals surface area contributed by atoms with Crippen LogP contribution in [0.3, 0.4) is 0 Å². The van der Waals surface area contributed by atoms with Crippen LogP contribution in [0.25, 0.3) is 0 Å². The van der Waals surface area contributed by atoms with Crippen molar-refractivity contribution in [2.75, 3.05) is 24.7 Å². The van der Waals surface area contributed by atoms with Crippen molar-refractivity contribution in [3.05, 3.63) is 88.4 Å². The highest BCUT2D eigenvalue weighted by molar-refractivity contribution is 8.01. The highest BCUT2D eigenvalue weighted by Crippen LogP contribution is 2.29. The number of hydrogen-bond acceptors (Lipinski definition) is 6. The molecule has 0 bridgehead atoms. The Hall–Kier alpha value is -3.79. The molecule has 2 rings (SSSR count). The summed E-state index contributed by atoms with van der Waals surface area (Å²) in [5.41, 5.74) is 0.263. The lowest BCUT2D eigenvalue weighted by Crippen LogP contribution is -2.41. The summed E-state index contributed by atoms with van der Waals surface area (Å²) in [6.45, 7) is 2.95. The molecule has 0 radical (unpaired) electrons. The number of pyridine rings is 1. The lowest BCUT2D eigenvalue weighted by atomic mass is 10.1. The van der Waals surface area contributed by atoms with Crippen LogP contribution in [0.4, 0.5) is 13.2 Å². The molecule has 12 heteroatoms. The standard InChI is InChI=1S/C28H32F3N3O5S/c1-3-25(33-26(37)22-7-4-8-24(17-22)28(29,30)31)15-20(2)9-10-21-16-23(19-32-18-21)27(38)34-40(39,13-5-11-35)14-6-12-36/h3-4,7-8,15-19,35-36,40H,5-6,11-14H2,1-2H3,(H,33,37)(H,34,38,39)/b20-15+,25-3+. The van der Waals surface area contributed by atoms with Gasteiger partial charge in [-0.1, -0.05) is 24.0 Å². The molecule has 0 atom stereocenters. The number of carbonyl (C=O) groups excluding carboxylic acids is 2. The van der Waals surface area contributed by atoms with Crippen LogP contribution in [-0.2, 0) is 16.3 Å². The number of alkyl halides is 3. The molecule has 1 aromatic carbocycles. The number of nitrogens with zero attached hydrogens (tertiary/aromatic N) is 1. The van der Waals surface area contributed by atoms with E-state index in [0.29, 0.717) is 16.8 Å². The van der Waals surface area contributed by atoms with Crippen LogP contribution >= 0.6 is 0 Å². The van der Waals surface area contributed by atoms with E-state index in [4.69, 9.17) is 10.2 Å². The number of nitrogens with one attached hydrogen (secondary N) is 2. The number of aromatic nitrogens is 1. The fourth-order valence-electron chi connectivity index (χ4n) is 3.43. The van der Waals surface area contributed by atoms with E-state index >= 15 is 0 Å². The lowest BCUT2D eigenvalue weighted by Gasteiger charge is -2.25. The van der Waals surface area contributed by atoms with Gasteiger partial charge in [-0.25, -0.2) is 0 Å². The minimum Gasteiger partial charge on any atom is -0.396 e. The molecule has 0 fully saturated rings. The predicted octanol–water partition coefficient (Wildman–Crippen LogP) is 3.16. The number of rotatable bonds is 11. The first kappa shape index (κ1) is 32.4. The van der Waals surface area contributed by atoms with Gasteiger partial charge in [-0.15, -0.1) is 0 Å². The molecule has 0 saturated carbocycles. The van der Waals surface area contributed by atoms with Crippen molar-refractivity contribution in [1.29, 1.82) is 0 Å². The number of carbonyl (C=O) groups is 2. The van der Waals surface area contributed by atoms with Crippen LogP contribution in [0.15, 0.2) is 66.1 Å². The number of benzene rings is 1. The Morgan fingerprint density at radius 1 is 1.05 bits per heavy atom. The fourth-order valence-corrected chi connectivity index (χ4v) is 5.68. The van der Waals surface area contributed by atoms with Gasteiger partial charge >= 0.3 is 6.18 Å². The summed E-state index contributed by atoms with van der Waals surface area (Å²) in [6.07, 6.45) is 1.75. The second-order valence-electron chi connectivity index (χ2n) is 8.75. The maximum Gasteiger partial charge on any atom is 0.416 e. The SMILES string of the molecule is C/C=C(\C=C(/C)C#Cc1cncc(C(=O)N[SH](=O)(CCCO)CCCO)c1)NC(=O)c1cccc(C(F)(F)F)c1. The molecule has 216 valence electrons. The first-order valence-electron chi connectivity index (χ1n) is 12.3. The monoisotopic (exact) mass is 579 g/mol. The van der Waals surface area contributed by atoms with E-state index in [-0.39, 0.29) is 48.7 Å². The molecule has 0 spiro atoms. The van der Waals surface area contributed by atoms with Gasteiger partial charge in [0.05, 0.1) is 11.1 Å². The summed E-state index contributed by atoms with van der Waals surface area (Å²) in [4.78, 5) is 29.2. The predicted molar refractivity (Wildman–Crippen MR) is 148 cm³/mol. The van der Waals surface area contributed by atoms with E-state index in [9.17, 15) is 27.0 Å². The molecule has 2 amide bonds. The van der Waals surface area contributed by atoms with E-state index in [1.54, 1.807) is 26.0 Å². The van der Waals surface area contributed by atoms with Gasteiger partial charge in [-0.3, -0.25) is 23.5 Å².